The molecule has 1 atom stereocenters. The number of carbonyl (C=O) groups excluding carboxylic acids is 1. The third kappa shape index (κ3) is 2.14. The van der Waals surface area contributed by atoms with Crippen LogP contribution in [0, 0.1) is 0 Å². The number of carbonyl (C=O) groups is 1. The number of ether oxygens (including phenoxy) is 2. The molecular weight excluding hydrogens is 322 g/mol. The second-order valence-electron chi connectivity index (χ2n) is 6.91. The number of rotatable bonds is 3. The molecule has 5 rings (SSSR count). The van der Waals surface area contributed by atoms with E-state index in [9.17, 15) is 4.79 Å². The van der Waals surface area contributed by atoms with Gasteiger partial charge >= 0.3 is 0 Å². The highest BCUT2D eigenvalue weighted by molar-refractivity contribution is 7.10. The molecule has 3 heterocycles. The van der Waals surface area contributed by atoms with Gasteiger partial charge < -0.3 is 14.4 Å². The van der Waals surface area contributed by atoms with Crippen LogP contribution in [0.2, 0.25) is 0 Å². The van der Waals surface area contributed by atoms with Crippen LogP contribution in [0.3, 0.4) is 0 Å². The molecule has 2 fully saturated rings. The predicted octanol–water partition coefficient (Wildman–Crippen LogP) is 3.52. The van der Waals surface area contributed by atoms with Crippen molar-refractivity contribution in [2.45, 2.75) is 30.6 Å². The third-order valence-electron chi connectivity index (χ3n) is 5.50. The van der Waals surface area contributed by atoms with Crippen molar-refractivity contribution in [3.63, 3.8) is 0 Å². The van der Waals surface area contributed by atoms with Gasteiger partial charge in [0.25, 0.3) is 0 Å². The smallest absolute Gasteiger partial charge is 0.234 e. The van der Waals surface area contributed by atoms with Crippen molar-refractivity contribution in [3.8, 4) is 11.5 Å². The molecule has 0 radical (unpaired) electrons. The summed E-state index contributed by atoms with van der Waals surface area (Å²) in [5.74, 6) is 2.37. The molecule has 1 aromatic heterocycles. The van der Waals surface area contributed by atoms with Crippen LogP contribution in [-0.4, -0.2) is 30.7 Å². The maximum atomic E-state index is 13.1. The lowest BCUT2D eigenvalue weighted by atomic mass is 9.98. The average Bonchev–Trinajstić information content (AvgIpc) is 3.09. The molecule has 3 aliphatic rings. The Balaban J connectivity index is 1.33. The lowest BCUT2D eigenvalue weighted by Gasteiger charge is -2.22. The molecule has 1 aliphatic carbocycles. The summed E-state index contributed by atoms with van der Waals surface area (Å²) < 4.78 is 10.9. The summed E-state index contributed by atoms with van der Waals surface area (Å²) in [5, 5.41) is 2.07. The molecule has 24 heavy (non-hydrogen) atoms. The van der Waals surface area contributed by atoms with Crippen molar-refractivity contribution >= 4 is 17.2 Å². The van der Waals surface area contributed by atoms with Gasteiger partial charge in [0.15, 0.2) is 11.5 Å². The first-order chi connectivity index (χ1) is 11.8. The number of amides is 1. The quantitative estimate of drug-likeness (QED) is 0.857. The Hall–Kier alpha value is -2.01. The first kappa shape index (κ1) is 14.3. The number of nitrogens with zero attached hydrogens (tertiary/aromatic N) is 1. The Morgan fingerprint density at radius 1 is 1.21 bits per heavy atom. The highest BCUT2D eigenvalue weighted by atomic mass is 32.1. The summed E-state index contributed by atoms with van der Waals surface area (Å²) >= 11 is 1.71. The predicted molar refractivity (Wildman–Crippen MR) is 91.7 cm³/mol. The van der Waals surface area contributed by atoms with E-state index < -0.39 is 0 Å². The van der Waals surface area contributed by atoms with E-state index >= 15 is 0 Å². The van der Waals surface area contributed by atoms with Gasteiger partial charge in [0.1, 0.15) is 0 Å². The number of thiophene rings is 1. The van der Waals surface area contributed by atoms with Crippen molar-refractivity contribution < 1.29 is 14.3 Å². The first-order valence-corrected chi connectivity index (χ1v) is 9.37. The molecule has 1 saturated carbocycles. The summed E-state index contributed by atoms with van der Waals surface area (Å²) in [7, 11) is 0. The summed E-state index contributed by atoms with van der Waals surface area (Å²) in [4.78, 5) is 16.4. The number of hydrogen-bond donors (Lipinski definition) is 0. The summed E-state index contributed by atoms with van der Waals surface area (Å²) in [6, 6.07) is 10.3. The molecule has 4 nitrogen and oxygen atoms in total. The van der Waals surface area contributed by atoms with Crippen LogP contribution >= 0.6 is 11.3 Å². The Kier molecular flexibility index (Phi) is 3.13. The van der Waals surface area contributed by atoms with E-state index in [1.807, 2.05) is 12.1 Å². The number of fused-ring (bicyclic) bond motifs is 1. The van der Waals surface area contributed by atoms with Crippen molar-refractivity contribution in [2.75, 3.05) is 19.9 Å². The maximum Gasteiger partial charge on any atom is 0.234 e. The average molecular weight is 341 g/mol. The summed E-state index contributed by atoms with van der Waals surface area (Å²) in [6.07, 6.45) is 3.01. The molecular formula is C19H19NO3S. The zero-order valence-electron chi connectivity index (χ0n) is 13.4. The van der Waals surface area contributed by atoms with E-state index in [-0.39, 0.29) is 5.41 Å². The highest BCUT2D eigenvalue weighted by Gasteiger charge is 2.54. The molecule has 0 bridgehead atoms. The van der Waals surface area contributed by atoms with Crippen LogP contribution in [0.25, 0.3) is 0 Å². The van der Waals surface area contributed by atoms with E-state index in [1.165, 1.54) is 10.4 Å². The van der Waals surface area contributed by atoms with Gasteiger partial charge in [-0.25, -0.2) is 0 Å². The Morgan fingerprint density at radius 3 is 2.88 bits per heavy atom. The molecule has 2 aromatic rings. The third-order valence-corrected chi connectivity index (χ3v) is 6.57. The van der Waals surface area contributed by atoms with Crippen molar-refractivity contribution in [1.82, 2.24) is 4.90 Å². The van der Waals surface area contributed by atoms with E-state index in [0.29, 0.717) is 18.6 Å². The molecule has 1 amide bonds. The Bertz CT molecular complexity index is 782. The fourth-order valence-electron chi connectivity index (χ4n) is 3.93. The molecule has 0 N–H and O–H groups in total. The van der Waals surface area contributed by atoms with Crippen LogP contribution in [0.5, 0.6) is 11.5 Å². The monoisotopic (exact) mass is 341 g/mol. The largest absolute Gasteiger partial charge is 0.454 e. The van der Waals surface area contributed by atoms with Crippen molar-refractivity contribution in [1.29, 1.82) is 0 Å². The minimum atomic E-state index is -0.210. The molecule has 1 saturated heterocycles. The summed E-state index contributed by atoms with van der Waals surface area (Å²) in [5.41, 5.74) is 1.04. The zero-order chi connectivity index (χ0) is 16.1. The number of benzene rings is 1. The molecule has 5 heteroatoms. The van der Waals surface area contributed by atoms with Gasteiger partial charge in [0, 0.05) is 23.9 Å². The topological polar surface area (TPSA) is 38.8 Å². The molecule has 2 aliphatic heterocycles. The lowest BCUT2D eigenvalue weighted by Crippen LogP contribution is -2.37. The fourth-order valence-corrected chi connectivity index (χ4v) is 4.91. The normalized spacial score (nSPS) is 23.5. The molecule has 1 aromatic carbocycles. The lowest BCUT2D eigenvalue weighted by molar-refractivity contribution is -0.132. The number of hydrogen-bond acceptors (Lipinski definition) is 4. The van der Waals surface area contributed by atoms with Gasteiger partial charge in [-0.2, -0.15) is 0 Å². The van der Waals surface area contributed by atoms with Crippen LogP contribution in [0.15, 0.2) is 35.7 Å². The van der Waals surface area contributed by atoms with Crippen LogP contribution < -0.4 is 9.47 Å². The summed E-state index contributed by atoms with van der Waals surface area (Å²) in [6.45, 7) is 1.97. The fraction of sp³-hybridized carbons (Fsp3) is 0.421. The van der Waals surface area contributed by atoms with E-state index in [0.717, 1.165) is 43.9 Å². The Morgan fingerprint density at radius 2 is 2.08 bits per heavy atom. The minimum Gasteiger partial charge on any atom is -0.454 e. The van der Waals surface area contributed by atoms with Gasteiger partial charge in [-0.3, -0.25) is 4.79 Å². The molecule has 1 unspecified atom stereocenters. The standard InChI is InChI=1S/C19H19NO3S/c21-18(19(6-7-19)17-2-1-9-24-17)20-8-5-14(11-20)13-3-4-15-16(10-13)23-12-22-15/h1-4,9-10,14H,5-8,11-12H2. The minimum absolute atomic E-state index is 0.210. The first-order valence-electron chi connectivity index (χ1n) is 8.49. The zero-order valence-corrected chi connectivity index (χ0v) is 14.2. The second-order valence-corrected chi connectivity index (χ2v) is 7.86. The van der Waals surface area contributed by atoms with Crippen LogP contribution in [0.4, 0.5) is 0 Å². The van der Waals surface area contributed by atoms with E-state index in [2.05, 4.69) is 28.5 Å². The van der Waals surface area contributed by atoms with Crippen LogP contribution in [0.1, 0.15) is 35.6 Å². The van der Waals surface area contributed by atoms with E-state index in [1.54, 1.807) is 11.3 Å². The number of likely N-dealkylation sites (tertiary alicyclic amines) is 1. The maximum absolute atomic E-state index is 13.1. The van der Waals surface area contributed by atoms with Gasteiger partial charge in [-0.15, -0.1) is 11.3 Å². The van der Waals surface area contributed by atoms with Gasteiger partial charge in [0.05, 0.1) is 5.41 Å². The second kappa shape index (κ2) is 5.24. The van der Waals surface area contributed by atoms with Crippen LogP contribution in [-0.2, 0) is 10.2 Å². The van der Waals surface area contributed by atoms with Gasteiger partial charge in [-0.1, -0.05) is 12.1 Å². The molecule has 0 spiro atoms. The SMILES string of the molecule is O=C(N1CCC(c2ccc3c(c2)OCO3)C1)C1(c2cccs2)CC1. The van der Waals surface area contributed by atoms with E-state index in [4.69, 9.17) is 9.47 Å². The highest BCUT2D eigenvalue weighted by Crippen LogP contribution is 2.52. The van der Waals surface area contributed by atoms with Crippen molar-refractivity contribution in [3.05, 3.63) is 46.2 Å². The van der Waals surface area contributed by atoms with Crippen molar-refractivity contribution in [2.24, 2.45) is 0 Å². The Labute approximate surface area is 145 Å². The van der Waals surface area contributed by atoms with Gasteiger partial charge in [-0.05, 0) is 48.4 Å². The van der Waals surface area contributed by atoms with Gasteiger partial charge in [0.2, 0.25) is 12.7 Å². The molecule has 124 valence electrons.